The SMILES string of the molecule is O=C(Nc1ccccc1OCc1cscn1)C1CC1c1ccc(Br)cc1. The molecule has 2 unspecified atom stereocenters. The van der Waals surface area contributed by atoms with Crippen LogP contribution in [0.2, 0.25) is 0 Å². The van der Waals surface area contributed by atoms with Crippen LogP contribution in [0.3, 0.4) is 0 Å². The minimum atomic E-state index is 0.0165. The number of carbonyl (C=O) groups excluding carboxylic acids is 1. The smallest absolute Gasteiger partial charge is 0.228 e. The standard InChI is InChI=1S/C20H17BrN2O2S/c21-14-7-5-13(6-8-14)16-9-17(16)20(24)23-18-3-1-2-4-19(18)25-10-15-11-26-12-22-15/h1-8,11-12,16-17H,9-10H2,(H,23,24). The van der Waals surface area contributed by atoms with Gasteiger partial charge < -0.3 is 10.1 Å². The topological polar surface area (TPSA) is 51.2 Å². The fraction of sp³-hybridized carbons (Fsp3) is 0.200. The highest BCUT2D eigenvalue weighted by atomic mass is 79.9. The van der Waals surface area contributed by atoms with Crippen LogP contribution in [0.4, 0.5) is 5.69 Å². The van der Waals surface area contributed by atoms with Crippen LogP contribution in [0.25, 0.3) is 0 Å². The summed E-state index contributed by atoms with van der Waals surface area (Å²) < 4.78 is 6.88. The Morgan fingerprint density at radius 3 is 2.81 bits per heavy atom. The second kappa shape index (κ2) is 7.60. The van der Waals surface area contributed by atoms with E-state index in [4.69, 9.17) is 4.74 Å². The van der Waals surface area contributed by atoms with Gasteiger partial charge in [0, 0.05) is 15.8 Å². The lowest BCUT2D eigenvalue weighted by molar-refractivity contribution is -0.117. The van der Waals surface area contributed by atoms with Gasteiger partial charge in [0.15, 0.2) is 0 Å². The van der Waals surface area contributed by atoms with Crippen LogP contribution >= 0.6 is 27.3 Å². The highest BCUT2D eigenvalue weighted by Gasteiger charge is 2.44. The van der Waals surface area contributed by atoms with E-state index in [2.05, 4.69) is 38.4 Å². The first-order chi connectivity index (χ1) is 12.7. The minimum Gasteiger partial charge on any atom is -0.485 e. The number of aromatic nitrogens is 1. The van der Waals surface area contributed by atoms with Crippen LogP contribution in [-0.2, 0) is 11.4 Å². The summed E-state index contributed by atoms with van der Waals surface area (Å²) in [7, 11) is 0. The molecule has 2 atom stereocenters. The number of ether oxygens (including phenoxy) is 1. The van der Waals surface area contributed by atoms with Crippen molar-refractivity contribution in [3.05, 3.63) is 75.2 Å². The molecule has 6 heteroatoms. The number of nitrogens with one attached hydrogen (secondary N) is 1. The van der Waals surface area contributed by atoms with Gasteiger partial charge in [-0.3, -0.25) is 4.79 Å². The molecule has 0 aliphatic heterocycles. The number of thiazole rings is 1. The number of rotatable bonds is 6. The molecule has 1 saturated carbocycles. The third-order valence-corrected chi connectivity index (χ3v) is 5.59. The maximum atomic E-state index is 12.6. The average molecular weight is 429 g/mol. The highest BCUT2D eigenvalue weighted by molar-refractivity contribution is 9.10. The molecule has 26 heavy (non-hydrogen) atoms. The lowest BCUT2D eigenvalue weighted by Gasteiger charge is -2.12. The third-order valence-electron chi connectivity index (χ3n) is 4.43. The van der Waals surface area contributed by atoms with Gasteiger partial charge in [-0.1, -0.05) is 40.2 Å². The van der Waals surface area contributed by atoms with E-state index in [1.165, 1.54) is 16.9 Å². The lowest BCUT2D eigenvalue weighted by Crippen LogP contribution is -2.15. The number of halogens is 1. The number of benzene rings is 2. The molecular weight excluding hydrogens is 412 g/mol. The van der Waals surface area contributed by atoms with Crippen molar-refractivity contribution in [1.29, 1.82) is 0 Å². The molecule has 2 aromatic carbocycles. The summed E-state index contributed by atoms with van der Waals surface area (Å²) in [6.45, 7) is 0.390. The average Bonchev–Trinajstić information content (AvgIpc) is 3.29. The molecule has 1 aliphatic rings. The van der Waals surface area contributed by atoms with Crippen molar-refractivity contribution in [2.24, 2.45) is 5.92 Å². The second-order valence-corrected chi connectivity index (χ2v) is 7.89. The molecule has 3 aromatic rings. The molecule has 0 saturated heterocycles. The normalized spacial score (nSPS) is 18.3. The maximum absolute atomic E-state index is 12.6. The summed E-state index contributed by atoms with van der Waals surface area (Å²) in [5, 5.41) is 4.98. The second-order valence-electron chi connectivity index (χ2n) is 6.25. The van der Waals surface area contributed by atoms with Crippen LogP contribution in [-0.4, -0.2) is 10.9 Å². The number of para-hydroxylation sites is 2. The molecule has 4 rings (SSSR count). The van der Waals surface area contributed by atoms with E-state index in [0.717, 1.165) is 16.6 Å². The fourth-order valence-electron chi connectivity index (χ4n) is 2.94. The van der Waals surface area contributed by atoms with Gasteiger partial charge in [0.2, 0.25) is 5.91 Å². The molecule has 1 fully saturated rings. The summed E-state index contributed by atoms with van der Waals surface area (Å²) in [6.07, 6.45) is 0.884. The van der Waals surface area contributed by atoms with Gasteiger partial charge in [-0.25, -0.2) is 4.98 Å². The number of hydrogen-bond donors (Lipinski definition) is 1. The molecule has 1 heterocycles. The zero-order chi connectivity index (χ0) is 17.9. The minimum absolute atomic E-state index is 0.0165. The zero-order valence-electron chi connectivity index (χ0n) is 13.9. The highest BCUT2D eigenvalue weighted by Crippen LogP contribution is 2.48. The van der Waals surface area contributed by atoms with E-state index in [1.807, 2.05) is 41.8 Å². The predicted molar refractivity (Wildman–Crippen MR) is 107 cm³/mol. The van der Waals surface area contributed by atoms with E-state index in [1.54, 1.807) is 5.51 Å². The van der Waals surface area contributed by atoms with Crippen LogP contribution in [0.5, 0.6) is 5.75 Å². The molecule has 4 nitrogen and oxygen atoms in total. The van der Waals surface area contributed by atoms with Gasteiger partial charge in [0.25, 0.3) is 0 Å². The molecule has 1 amide bonds. The van der Waals surface area contributed by atoms with Crippen LogP contribution in [0.15, 0.2) is 63.9 Å². The van der Waals surface area contributed by atoms with Crippen molar-refractivity contribution in [1.82, 2.24) is 4.98 Å². The Hall–Kier alpha value is -2.18. The summed E-state index contributed by atoms with van der Waals surface area (Å²) >= 11 is 4.98. The molecule has 0 radical (unpaired) electrons. The summed E-state index contributed by atoms with van der Waals surface area (Å²) in [4.78, 5) is 16.8. The van der Waals surface area contributed by atoms with Crippen LogP contribution in [0.1, 0.15) is 23.6 Å². The Morgan fingerprint density at radius 2 is 2.04 bits per heavy atom. The maximum Gasteiger partial charge on any atom is 0.228 e. The monoisotopic (exact) mass is 428 g/mol. The van der Waals surface area contributed by atoms with Crippen molar-refractivity contribution in [2.45, 2.75) is 18.9 Å². The number of nitrogens with zero attached hydrogens (tertiary/aromatic N) is 1. The molecule has 132 valence electrons. The molecule has 1 aromatic heterocycles. The quantitative estimate of drug-likeness (QED) is 0.584. The van der Waals surface area contributed by atoms with Gasteiger partial charge in [0.05, 0.1) is 16.9 Å². The van der Waals surface area contributed by atoms with E-state index in [-0.39, 0.29) is 11.8 Å². The Morgan fingerprint density at radius 1 is 1.23 bits per heavy atom. The summed E-state index contributed by atoms with van der Waals surface area (Å²) in [6, 6.07) is 15.7. The molecule has 1 N–H and O–H groups in total. The number of anilines is 1. The van der Waals surface area contributed by atoms with Gasteiger partial charge in [-0.15, -0.1) is 11.3 Å². The number of carbonyl (C=O) groups is 1. The molecule has 1 aliphatic carbocycles. The predicted octanol–water partition coefficient (Wildman–Crippen LogP) is 5.23. The Balaban J connectivity index is 1.39. The van der Waals surface area contributed by atoms with Crippen LogP contribution in [0, 0.1) is 5.92 Å². The van der Waals surface area contributed by atoms with Crippen molar-refractivity contribution in [2.75, 3.05) is 5.32 Å². The zero-order valence-corrected chi connectivity index (χ0v) is 16.3. The lowest BCUT2D eigenvalue weighted by atomic mass is 10.1. The van der Waals surface area contributed by atoms with Gasteiger partial charge in [-0.05, 0) is 42.2 Å². The van der Waals surface area contributed by atoms with Gasteiger partial charge >= 0.3 is 0 Å². The van der Waals surface area contributed by atoms with Crippen molar-refractivity contribution in [3.8, 4) is 5.75 Å². The summed E-state index contributed by atoms with van der Waals surface area (Å²) in [5.41, 5.74) is 4.58. The first-order valence-corrected chi connectivity index (χ1v) is 10.1. The first-order valence-electron chi connectivity index (χ1n) is 8.36. The van der Waals surface area contributed by atoms with E-state index in [9.17, 15) is 4.79 Å². The van der Waals surface area contributed by atoms with Crippen molar-refractivity contribution in [3.63, 3.8) is 0 Å². The molecular formula is C20H17BrN2O2S. The summed E-state index contributed by atoms with van der Waals surface area (Å²) in [5.74, 6) is 1.02. The number of hydrogen-bond acceptors (Lipinski definition) is 4. The Bertz CT molecular complexity index is 896. The molecule has 0 spiro atoms. The van der Waals surface area contributed by atoms with E-state index < -0.39 is 0 Å². The van der Waals surface area contributed by atoms with E-state index in [0.29, 0.717) is 24.0 Å². The largest absolute Gasteiger partial charge is 0.485 e. The van der Waals surface area contributed by atoms with E-state index >= 15 is 0 Å². The fourth-order valence-corrected chi connectivity index (χ4v) is 3.75. The van der Waals surface area contributed by atoms with Crippen LogP contribution < -0.4 is 10.1 Å². The Kier molecular flexibility index (Phi) is 5.04. The third kappa shape index (κ3) is 3.97. The Labute approximate surface area is 164 Å². The first kappa shape index (κ1) is 17.2. The molecule has 0 bridgehead atoms. The number of amides is 1. The van der Waals surface area contributed by atoms with Gasteiger partial charge in [-0.2, -0.15) is 0 Å². The van der Waals surface area contributed by atoms with Crippen molar-refractivity contribution >= 4 is 38.9 Å². The van der Waals surface area contributed by atoms with Crippen molar-refractivity contribution < 1.29 is 9.53 Å². The van der Waals surface area contributed by atoms with Gasteiger partial charge in [0.1, 0.15) is 12.4 Å².